The number of likely N-dealkylation sites (N-methyl/N-ethyl adjacent to an activating group) is 1. The smallest absolute Gasteiger partial charge is 0.246 e. The van der Waals surface area contributed by atoms with Crippen LogP contribution in [0.4, 0.5) is 4.39 Å². The summed E-state index contributed by atoms with van der Waals surface area (Å²) in [5, 5.41) is 0. The quantitative estimate of drug-likeness (QED) is 0.882. The first kappa shape index (κ1) is 14.9. The topological polar surface area (TPSA) is 63.4 Å². The molecule has 0 amide bonds. The minimum atomic E-state index is -3.85. The van der Waals surface area contributed by atoms with Crippen LogP contribution < -0.4 is 5.73 Å². The molecule has 7 heteroatoms. The van der Waals surface area contributed by atoms with Gasteiger partial charge in [-0.2, -0.15) is 4.31 Å². The zero-order valence-electron chi connectivity index (χ0n) is 10.5. The number of benzene rings is 1. The highest BCUT2D eigenvalue weighted by molar-refractivity contribution is 9.10. The Hall–Kier alpha value is -0.500. The van der Waals surface area contributed by atoms with Gasteiger partial charge in [0, 0.05) is 24.1 Å². The molecular weight excluding hydrogens is 335 g/mol. The molecule has 1 atom stereocenters. The molecule has 0 radical (unpaired) electrons. The van der Waals surface area contributed by atoms with Crippen LogP contribution in [0.2, 0.25) is 0 Å². The first-order valence-electron chi connectivity index (χ1n) is 6.01. The molecule has 1 aromatic rings. The van der Waals surface area contributed by atoms with Crippen LogP contribution in [0.25, 0.3) is 0 Å². The molecule has 19 heavy (non-hydrogen) atoms. The monoisotopic (exact) mass is 350 g/mol. The Kier molecular flexibility index (Phi) is 4.29. The van der Waals surface area contributed by atoms with Crippen molar-refractivity contribution in [3.05, 3.63) is 28.5 Å². The fourth-order valence-corrected chi connectivity index (χ4v) is 3.94. The average Bonchev–Trinajstić information content (AvgIpc) is 3.13. The summed E-state index contributed by atoms with van der Waals surface area (Å²) in [7, 11) is -2.38. The van der Waals surface area contributed by atoms with E-state index in [1.54, 1.807) is 0 Å². The zero-order chi connectivity index (χ0) is 14.2. The molecule has 1 aliphatic carbocycles. The van der Waals surface area contributed by atoms with Crippen molar-refractivity contribution in [2.24, 2.45) is 11.7 Å². The lowest BCUT2D eigenvalue weighted by Crippen LogP contribution is -2.43. The Labute approximate surface area is 121 Å². The highest BCUT2D eigenvalue weighted by Gasteiger charge is 2.38. The van der Waals surface area contributed by atoms with Gasteiger partial charge in [-0.15, -0.1) is 0 Å². The van der Waals surface area contributed by atoms with Crippen LogP contribution >= 0.6 is 15.9 Å². The SMILES string of the molecule is CN(C(CN)C1CC1)S(=O)(=O)c1ccc(Br)cc1F. The van der Waals surface area contributed by atoms with Crippen molar-refractivity contribution < 1.29 is 12.8 Å². The van der Waals surface area contributed by atoms with Gasteiger partial charge in [-0.25, -0.2) is 12.8 Å². The van der Waals surface area contributed by atoms with Crippen LogP contribution in [0.1, 0.15) is 12.8 Å². The van der Waals surface area contributed by atoms with Gasteiger partial charge in [-0.1, -0.05) is 15.9 Å². The molecule has 1 aliphatic rings. The van der Waals surface area contributed by atoms with E-state index in [0.717, 1.165) is 18.9 Å². The summed E-state index contributed by atoms with van der Waals surface area (Å²) in [6, 6.07) is 3.67. The maximum absolute atomic E-state index is 13.8. The molecule has 0 bridgehead atoms. The third-order valence-electron chi connectivity index (χ3n) is 3.43. The number of sulfonamides is 1. The summed E-state index contributed by atoms with van der Waals surface area (Å²) in [4.78, 5) is -0.308. The normalized spacial score (nSPS) is 17.7. The van der Waals surface area contributed by atoms with Crippen molar-refractivity contribution in [3.8, 4) is 0 Å². The lowest BCUT2D eigenvalue weighted by atomic mass is 10.2. The molecular formula is C12H16BrFN2O2S. The molecule has 4 nitrogen and oxygen atoms in total. The Bertz CT molecular complexity index is 575. The molecule has 1 fully saturated rings. The van der Waals surface area contributed by atoms with Crippen LogP contribution in [-0.4, -0.2) is 32.4 Å². The lowest BCUT2D eigenvalue weighted by molar-refractivity contribution is 0.339. The largest absolute Gasteiger partial charge is 0.329 e. The Morgan fingerprint density at radius 2 is 2.16 bits per heavy atom. The molecule has 0 heterocycles. The number of hydrogen-bond donors (Lipinski definition) is 1. The third-order valence-corrected chi connectivity index (χ3v) is 5.83. The molecule has 0 saturated heterocycles. The second-order valence-electron chi connectivity index (χ2n) is 4.74. The Morgan fingerprint density at radius 3 is 2.63 bits per heavy atom. The van der Waals surface area contributed by atoms with Gasteiger partial charge in [0.2, 0.25) is 10.0 Å². The van der Waals surface area contributed by atoms with E-state index in [-0.39, 0.29) is 17.5 Å². The fraction of sp³-hybridized carbons (Fsp3) is 0.500. The van der Waals surface area contributed by atoms with E-state index in [2.05, 4.69) is 15.9 Å². The minimum absolute atomic E-state index is 0.249. The predicted molar refractivity (Wildman–Crippen MR) is 74.6 cm³/mol. The second-order valence-corrected chi connectivity index (χ2v) is 7.62. The van der Waals surface area contributed by atoms with Crippen LogP contribution in [0.15, 0.2) is 27.6 Å². The van der Waals surface area contributed by atoms with Gasteiger partial charge in [-0.05, 0) is 37.0 Å². The van der Waals surface area contributed by atoms with Crippen LogP contribution in [0.5, 0.6) is 0 Å². The summed E-state index contributed by atoms with van der Waals surface area (Å²) < 4.78 is 40.4. The van der Waals surface area contributed by atoms with Gasteiger partial charge < -0.3 is 5.73 Å². The van der Waals surface area contributed by atoms with Crippen molar-refractivity contribution in [1.82, 2.24) is 4.31 Å². The Balaban J connectivity index is 2.35. The summed E-state index contributed by atoms with van der Waals surface area (Å²) >= 11 is 3.11. The maximum atomic E-state index is 13.8. The van der Waals surface area contributed by atoms with Crippen molar-refractivity contribution in [2.45, 2.75) is 23.8 Å². The van der Waals surface area contributed by atoms with E-state index in [4.69, 9.17) is 5.73 Å². The molecule has 0 spiro atoms. The summed E-state index contributed by atoms with van der Waals surface area (Å²) in [5.41, 5.74) is 5.64. The number of nitrogens with two attached hydrogens (primary N) is 1. The Morgan fingerprint density at radius 1 is 1.53 bits per heavy atom. The van der Waals surface area contributed by atoms with E-state index in [1.165, 1.54) is 23.5 Å². The molecule has 2 N–H and O–H groups in total. The van der Waals surface area contributed by atoms with Crippen LogP contribution in [0.3, 0.4) is 0 Å². The molecule has 0 aliphatic heterocycles. The van der Waals surface area contributed by atoms with Crippen molar-refractivity contribution >= 4 is 26.0 Å². The van der Waals surface area contributed by atoms with Gasteiger partial charge in [0.1, 0.15) is 10.7 Å². The summed E-state index contributed by atoms with van der Waals surface area (Å²) in [6.07, 6.45) is 1.95. The van der Waals surface area contributed by atoms with Gasteiger partial charge in [0.15, 0.2) is 0 Å². The summed E-state index contributed by atoms with van der Waals surface area (Å²) in [6.45, 7) is 0.249. The third kappa shape index (κ3) is 2.99. The van der Waals surface area contributed by atoms with E-state index >= 15 is 0 Å². The molecule has 106 valence electrons. The first-order chi connectivity index (χ1) is 8.87. The number of rotatable bonds is 5. The predicted octanol–water partition coefficient (Wildman–Crippen LogP) is 1.95. The highest BCUT2D eigenvalue weighted by Crippen LogP contribution is 2.36. The fourth-order valence-electron chi connectivity index (χ4n) is 2.14. The van der Waals surface area contributed by atoms with E-state index in [0.29, 0.717) is 10.4 Å². The summed E-state index contributed by atoms with van der Waals surface area (Å²) in [5.74, 6) is -0.462. The van der Waals surface area contributed by atoms with Gasteiger partial charge in [0.05, 0.1) is 0 Å². The number of nitrogens with zero attached hydrogens (tertiary/aromatic N) is 1. The molecule has 2 rings (SSSR count). The standard InChI is InChI=1S/C12H16BrFN2O2S/c1-16(11(7-15)8-2-3-8)19(17,18)12-5-4-9(13)6-10(12)14/h4-6,8,11H,2-3,7,15H2,1H3. The second kappa shape index (κ2) is 5.47. The van der Waals surface area contributed by atoms with E-state index in [9.17, 15) is 12.8 Å². The number of hydrogen-bond acceptors (Lipinski definition) is 3. The van der Waals surface area contributed by atoms with Gasteiger partial charge in [-0.3, -0.25) is 0 Å². The zero-order valence-corrected chi connectivity index (χ0v) is 12.9. The molecule has 1 aromatic carbocycles. The van der Waals surface area contributed by atoms with Crippen molar-refractivity contribution in [1.29, 1.82) is 0 Å². The minimum Gasteiger partial charge on any atom is -0.329 e. The van der Waals surface area contributed by atoms with E-state index in [1.807, 2.05) is 0 Å². The maximum Gasteiger partial charge on any atom is 0.246 e. The van der Waals surface area contributed by atoms with Crippen LogP contribution in [-0.2, 0) is 10.0 Å². The molecule has 1 unspecified atom stereocenters. The van der Waals surface area contributed by atoms with Crippen LogP contribution in [0, 0.1) is 11.7 Å². The number of halogens is 2. The lowest BCUT2D eigenvalue weighted by Gasteiger charge is -2.26. The highest BCUT2D eigenvalue weighted by atomic mass is 79.9. The van der Waals surface area contributed by atoms with Crippen molar-refractivity contribution in [2.75, 3.05) is 13.6 Å². The first-order valence-corrected chi connectivity index (χ1v) is 8.24. The van der Waals surface area contributed by atoms with Gasteiger partial charge >= 0.3 is 0 Å². The molecule has 0 aromatic heterocycles. The average molecular weight is 351 g/mol. The van der Waals surface area contributed by atoms with Gasteiger partial charge in [0.25, 0.3) is 0 Å². The van der Waals surface area contributed by atoms with Crippen molar-refractivity contribution in [3.63, 3.8) is 0 Å². The van der Waals surface area contributed by atoms with E-state index < -0.39 is 15.8 Å². The molecule has 1 saturated carbocycles.